The number of aryl methyl sites for hydroxylation is 2. The van der Waals surface area contributed by atoms with E-state index in [9.17, 15) is 9.90 Å². The number of amides is 1. The van der Waals surface area contributed by atoms with Gasteiger partial charge in [-0.1, -0.05) is 30.3 Å². The molecule has 0 fully saturated rings. The summed E-state index contributed by atoms with van der Waals surface area (Å²) >= 11 is 0. The van der Waals surface area contributed by atoms with Gasteiger partial charge in [-0.25, -0.2) is 4.68 Å². The molecular weight excluding hydrogens is 326 g/mol. The number of aromatic nitrogens is 2. The summed E-state index contributed by atoms with van der Waals surface area (Å²) in [7, 11) is 0. The summed E-state index contributed by atoms with van der Waals surface area (Å²) in [6, 6.07) is 16.8. The molecule has 0 aliphatic carbocycles. The number of aromatic hydroxyl groups is 1. The van der Waals surface area contributed by atoms with E-state index in [-0.39, 0.29) is 24.1 Å². The van der Waals surface area contributed by atoms with Crippen molar-refractivity contribution in [2.75, 3.05) is 0 Å². The fourth-order valence-electron chi connectivity index (χ4n) is 3.00. The van der Waals surface area contributed by atoms with Crippen LogP contribution in [0.5, 0.6) is 5.75 Å². The molecule has 5 heteroatoms. The Morgan fingerprint density at radius 3 is 2.46 bits per heavy atom. The Morgan fingerprint density at radius 2 is 1.85 bits per heavy atom. The fourth-order valence-corrected chi connectivity index (χ4v) is 3.00. The zero-order valence-electron chi connectivity index (χ0n) is 15.2. The number of nitrogens with one attached hydrogen (secondary N) is 1. The monoisotopic (exact) mass is 349 g/mol. The van der Waals surface area contributed by atoms with Gasteiger partial charge in [0.1, 0.15) is 5.75 Å². The van der Waals surface area contributed by atoms with E-state index in [4.69, 9.17) is 0 Å². The van der Waals surface area contributed by atoms with Gasteiger partial charge in [-0.2, -0.15) is 5.10 Å². The molecular formula is C21H23N3O2. The highest BCUT2D eigenvalue weighted by Gasteiger charge is 2.12. The van der Waals surface area contributed by atoms with E-state index >= 15 is 0 Å². The number of para-hydroxylation sites is 1. The van der Waals surface area contributed by atoms with Crippen LogP contribution in [0.25, 0.3) is 5.69 Å². The lowest BCUT2D eigenvalue weighted by molar-refractivity contribution is -0.121. The minimum atomic E-state index is -0.123. The molecule has 26 heavy (non-hydrogen) atoms. The minimum absolute atomic E-state index is 0.122. The summed E-state index contributed by atoms with van der Waals surface area (Å²) in [5, 5.41) is 17.2. The summed E-state index contributed by atoms with van der Waals surface area (Å²) in [5.74, 6) is 0.0196. The Morgan fingerprint density at radius 1 is 1.15 bits per heavy atom. The van der Waals surface area contributed by atoms with Crippen LogP contribution in [0.3, 0.4) is 0 Å². The molecule has 0 saturated heterocycles. The van der Waals surface area contributed by atoms with E-state index in [1.165, 1.54) is 0 Å². The Kier molecular flexibility index (Phi) is 5.07. The predicted molar refractivity (Wildman–Crippen MR) is 101 cm³/mol. The lowest BCUT2D eigenvalue weighted by Crippen LogP contribution is -2.28. The number of benzene rings is 2. The topological polar surface area (TPSA) is 67.2 Å². The number of carbonyl (C=O) groups excluding carboxylic acids is 1. The highest BCUT2D eigenvalue weighted by Crippen LogP contribution is 2.19. The molecule has 0 bridgehead atoms. The molecule has 2 aromatic carbocycles. The SMILES string of the molecule is Cc1cc(C)n(-c2ccc([C@@H](C)NC(=O)Cc3ccccc3O)cc2)n1. The van der Waals surface area contributed by atoms with Crippen LogP contribution in [-0.2, 0) is 11.2 Å². The lowest BCUT2D eigenvalue weighted by Gasteiger charge is -2.15. The van der Waals surface area contributed by atoms with Gasteiger partial charge in [0.2, 0.25) is 5.91 Å². The van der Waals surface area contributed by atoms with Crippen molar-refractivity contribution in [3.8, 4) is 11.4 Å². The quantitative estimate of drug-likeness (QED) is 0.739. The molecule has 0 unspecified atom stereocenters. The molecule has 3 rings (SSSR count). The highest BCUT2D eigenvalue weighted by molar-refractivity contribution is 5.79. The Balaban J connectivity index is 1.66. The maximum Gasteiger partial charge on any atom is 0.225 e. The lowest BCUT2D eigenvalue weighted by atomic mass is 10.1. The maximum absolute atomic E-state index is 12.2. The number of phenolic OH excluding ortho intramolecular Hbond substituents is 1. The van der Waals surface area contributed by atoms with Gasteiger partial charge in [0, 0.05) is 11.3 Å². The normalized spacial score (nSPS) is 12.0. The van der Waals surface area contributed by atoms with Crippen LogP contribution in [0.2, 0.25) is 0 Å². The first-order valence-corrected chi connectivity index (χ1v) is 8.64. The molecule has 0 aliphatic rings. The van der Waals surface area contributed by atoms with E-state index in [2.05, 4.69) is 10.4 Å². The van der Waals surface area contributed by atoms with Gasteiger partial charge < -0.3 is 10.4 Å². The number of phenols is 1. The molecule has 1 heterocycles. The van der Waals surface area contributed by atoms with Crippen molar-refractivity contribution in [2.45, 2.75) is 33.2 Å². The molecule has 5 nitrogen and oxygen atoms in total. The maximum atomic E-state index is 12.2. The van der Waals surface area contributed by atoms with Crippen molar-refractivity contribution in [3.63, 3.8) is 0 Å². The fraction of sp³-hybridized carbons (Fsp3) is 0.238. The van der Waals surface area contributed by atoms with Crippen LogP contribution in [0.15, 0.2) is 54.6 Å². The second kappa shape index (κ2) is 7.44. The van der Waals surface area contributed by atoms with Crippen LogP contribution in [0, 0.1) is 13.8 Å². The zero-order chi connectivity index (χ0) is 18.7. The van der Waals surface area contributed by atoms with Crippen LogP contribution in [0.1, 0.15) is 35.5 Å². The van der Waals surface area contributed by atoms with E-state index in [1.54, 1.807) is 18.2 Å². The van der Waals surface area contributed by atoms with Gasteiger partial charge >= 0.3 is 0 Å². The third kappa shape index (κ3) is 3.94. The second-order valence-electron chi connectivity index (χ2n) is 6.53. The Labute approximate surface area is 153 Å². The smallest absolute Gasteiger partial charge is 0.225 e. The minimum Gasteiger partial charge on any atom is -0.508 e. The Bertz CT molecular complexity index is 913. The molecule has 1 aromatic heterocycles. The van der Waals surface area contributed by atoms with Crippen molar-refractivity contribution in [2.24, 2.45) is 0 Å². The molecule has 0 radical (unpaired) electrons. The van der Waals surface area contributed by atoms with E-state index in [0.29, 0.717) is 5.56 Å². The summed E-state index contributed by atoms with van der Waals surface area (Å²) in [6.45, 7) is 5.94. The first-order chi connectivity index (χ1) is 12.4. The van der Waals surface area contributed by atoms with Crippen LogP contribution in [0.4, 0.5) is 0 Å². The molecule has 3 aromatic rings. The molecule has 0 aliphatic heterocycles. The number of hydrogen-bond acceptors (Lipinski definition) is 3. The molecule has 0 saturated carbocycles. The van der Waals surface area contributed by atoms with Crippen LogP contribution in [-0.4, -0.2) is 20.8 Å². The van der Waals surface area contributed by atoms with Gasteiger partial charge in [-0.05, 0) is 50.6 Å². The zero-order valence-corrected chi connectivity index (χ0v) is 15.2. The average Bonchev–Trinajstić information content (AvgIpc) is 2.95. The van der Waals surface area contributed by atoms with E-state index in [0.717, 1.165) is 22.6 Å². The first-order valence-electron chi connectivity index (χ1n) is 8.64. The standard InChI is InChI=1S/C21H23N3O2/c1-14-12-15(2)24(23-14)19-10-8-17(9-11-19)16(3)22-21(26)13-18-6-4-5-7-20(18)25/h4-12,16,25H,13H2,1-3H3,(H,22,26)/t16-/m1/s1. The number of rotatable bonds is 5. The van der Waals surface area contributed by atoms with Crippen molar-refractivity contribution in [1.82, 2.24) is 15.1 Å². The summed E-state index contributed by atoms with van der Waals surface area (Å²) in [5.41, 5.74) is 4.70. The first kappa shape index (κ1) is 17.7. The summed E-state index contributed by atoms with van der Waals surface area (Å²) < 4.78 is 1.90. The molecule has 134 valence electrons. The largest absolute Gasteiger partial charge is 0.508 e. The van der Waals surface area contributed by atoms with Gasteiger partial charge in [0.15, 0.2) is 0 Å². The highest BCUT2D eigenvalue weighted by atomic mass is 16.3. The number of carbonyl (C=O) groups is 1. The summed E-state index contributed by atoms with van der Waals surface area (Å²) in [6.07, 6.45) is 0.154. The van der Waals surface area contributed by atoms with E-state index < -0.39 is 0 Å². The van der Waals surface area contributed by atoms with Gasteiger partial charge in [0.25, 0.3) is 0 Å². The van der Waals surface area contributed by atoms with Crippen molar-refractivity contribution < 1.29 is 9.90 Å². The number of nitrogens with zero attached hydrogens (tertiary/aromatic N) is 2. The number of hydrogen-bond donors (Lipinski definition) is 2. The third-order valence-corrected chi connectivity index (χ3v) is 4.37. The second-order valence-corrected chi connectivity index (χ2v) is 6.53. The Hall–Kier alpha value is -3.08. The van der Waals surface area contributed by atoms with Gasteiger partial charge in [-0.15, -0.1) is 0 Å². The third-order valence-electron chi connectivity index (χ3n) is 4.37. The average molecular weight is 349 g/mol. The predicted octanol–water partition coefficient (Wildman–Crippen LogP) is 3.61. The van der Waals surface area contributed by atoms with E-state index in [1.807, 2.05) is 61.9 Å². The summed E-state index contributed by atoms with van der Waals surface area (Å²) in [4.78, 5) is 12.2. The molecule has 1 amide bonds. The van der Waals surface area contributed by atoms with Crippen molar-refractivity contribution in [3.05, 3.63) is 77.1 Å². The van der Waals surface area contributed by atoms with Crippen molar-refractivity contribution >= 4 is 5.91 Å². The van der Waals surface area contributed by atoms with Gasteiger partial charge in [0.05, 0.1) is 23.8 Å². The molecule has 2 N–H and O–H groups in total. The van der Waals surface area contributed by atoms with Crippen LogP contribution < -0.4 is 5.32 Å². The van der Waals surface area contributed by atoms with Gasteiger partial charge in [-0.3, -0.25) is 4.79 Å². The molecule has 1 atom stereocenters. The van der Waals surface area contributed by atoms with Crippen molar-refractivity contribution in [1.29, 1.82) is 0 Å². The van der Waals surface area contributed by atoms with Crippen LogP contribution >= 0.6 is 0 Å². The molecule has 0 spiro atoms.